The molecule has 0 aliphatic rings. The van der Waals surface area contributed by atoms with E-state index in [-0.39, 0.29) is 0 Å². The second kappa shape index (κ2) is 2.56. The lowest BCUT2D eigenvalue weighted by Crippen LogP contribution is -2.43. The van der Waals surface area contributed by atoms with Crippen LogP contribution in [0.5, 0.6) is 0 Å². The number of hydrogen-bond acceptors (Lipinski definition) is 0. The average molecular weight is 161 g/mol. The van der Waals surface area contributed by atoms with Gasteiger partial charge in [-0.2, -0.15) is 0 Å². The molecule has 0 aromatic carbocycles. The van der Waals surface area contributed by atoms with Gasteiger partial charge in [-0.25, -0.2) is 0 Å². The third-order valence-electron chi connectivity index (χ3n) is 2.39. The van der Waals surface area contributed by atoms with Gasteiger partial charge in [-0.1, -0.05) is 33.9 Å². The first-order valence-corrected chi connectivity index (χ1v) is 9.30. The van der Waals surface area contributed by atoms with Crippen LogP contribution in [0.4, 0.5) is 0 Å². The van der Waals surface area contributed by atoms with E-state index in [0.717, 1.165) is 0 Å². The Balaban J connectivity index is 4.14. The molecule has 55 valence electrons. The third kappa shape index (κ3) is 2.23. The van der Waals surface area contributed by atoms with Gasteiger partial charge in [-0.05, 0) is 5.04 Å². The molecule has 0 heterocycles. The van der Waals surface area contributed by atoms with E-state index in [1.165, 1.54) is 0 Å². The van der Waals surface area contributed by atoms with Gasteiger partial charge in [0, 0.05) is 0 Å². The molecule has 0 spiro atoms. The summed E-state index contributed by atoms with van der Waals surface area (Å²) in [6.07, 6.45) is 0. The van der Waals surface area contributed by atoms with Crippen LogP contribution in [0.1, 0.15) is 20.8 Å². The molecule has 0 amide bonds. The van der Waals surface area contributed by atoms with Crippen LogP contribution >= 0.6 is 0 Å². The smallest absolute Gasteiger partial charge is 0.195 e. The summed E-state index contributed by atoms with van der Waals surface area (Å²) >= 11 is 0. The molecule has 0 rings (SSSR count). The van der Waals surface area contributed by atoms with Crippen molar-refractivity contribution in [3.63, 3.8) is 0 Å². The number of hydrogen-bond donors (Lipinski definition) is 0. The summed E-state index contributed by atoms with van der Waals surface area (Å²) in [6, 6.07) is 0. The van der Waals surface area contributed by atoms with Crippen LogP contribution in [-0.2, 0) is 4.80 Å². The molecule has 0 saturated heterocycles. The minimum atomic E-state index is -1.30. The summed E-state index contributed by atoms with van der Waals surface area (Å²) in [5.41, 5.74) is 0. The highest BCUT2D eigenvalue weighted by atomic mass is 29.2. The lowest BCUT2D eigenvalue weighted by Gasteiger charge is -2.33. The second-order valence-electron chi connectivity index (χ2n) is 4.28. The highest BCUT2D eigenvalue weighted by Gasteiger charge is 2.35. The predicted octanol–water partition coefficient (Wildman–Crippen LogP) is 1.51. The Morgan fingerprint density at radius 2 is 1.56 bits per heavy atom. The zero-order chi connectivity index (χ0) is 7.71. The van der Waals surface area contributed by atoms with Gasteiger partial charge in [0.05, 0.1) is 7.59 Å². The van der Waals surface area contributed by atoms with Crippen LogP contribution in [0.25, 0.3) is 0 Å². The molecule has 0 aromatic heterocycles. The van der Waals surface area contributed by atoms with E-state index in [4.69, 9.17) is 0 Å². The van der Waals surface area contributed by atoms with E-state index in [0.29, 0.717) is 5.04 Å². The van der Waals surface area contributed by atoms with Gasteiger partial charge in [-0.3, -0.25) is 0 Å². The van der Waals surface area contributed by atoms with Crippen molar-refractivity contribution in [2.75, 3.05) is 0 Å². The first kappa shape index (κ1) is 9.39. The summed E-state index contributed by atoms with van der Waals surface area (Å²) in [5, 5.41) is 0.334. The third-order valence-corrected chi connectivity index (χ3v) is 12.5. The van der Waals surface area contributed by atoms with Crippen molar-refractivity contribution in [3.05, 3.63) is 0 Å². The normalized spacial score (nSPS) is 15.3. The van der Waals surface area contributed by atoms with Crippen molar-refractivity contribution in [3.8, 4) is 0 Å². The lowest BCUT2D eigenvalue weighted by atomic mass is 10.2. The van der Waals surface area contributed by atoms with Crippen molar-refractivity contribution in [2.45, 2.75) is 38.9 Å². The van der Waals surface area contributed by atoms with Gasteiger partial charge >= 0.3 is 0 Å². The second-order valence-corrected chi connectivity index (χ2v) is 16.0. The molecular formula is C6H17OSi2. The van der Waals surface area contributed by atoms with Crippen LogP contribution in [0, 0.1) is 0 Å². The fourth-order valence-electron chi connectivity index (χ4n) is 0.217. The Hall–Kier alpha value is 0.394. The Morgan fingerprint density at radius 3 is 1.56 bits per heavy atom. The molecule has 0 aliphatic heterocycles. The minimum absolute atomic E-state index is 0.334. The molecule has 1 radical (unpaired) electrons. The Kier molecular flexibility index (Phi) is 2.67. The molecule has 0 saturated carbocycles. The van der Waals surface area contributed by atoms with Gasteiger partial charge in [-0.15, -0.1) is 0 Å². The molecule has 9 heavy (non-hydrogen) atoms. The topological polar surface area (TPSA) is 19.9 Å². The number of rotatable bonds is 1. The van der Waals surface area contributed by atoms with Crippen molar-refractivity contribution in [1.82, 2.24) is 0 Å². The summed E-state index contributed by atoms with van der Waals surface area (Å²) in [4.78, 5) is 10.8. The minimum Gasteiger partial charge on any atom is -0.310 e. The molecule has 0 atom stereocenters. The zero-order valence-electron chi connectivity index (χ0n) is 7.12. The maximum atomic E-state index is 10.8. The highest BCUT2D eigenvalue weighted by Crippen LogP contribution is 2.34. The predicted molar refractivity (Wildman–Crippen MR) is 46.4 cm³/mol. The zero-order valence-corrected chi connectivity index (χ0v) is 9.53. The van der Waals surface area contributed by atoms with Gasteiger partial charge in [0.15, 0.2) is 9.28 Å². The molecule has 0 unspecified atom stereocenters. The fourth-order valence-corrected chi connectivity index (χ4v) is 1.95. The summed E-state index contributed by atoms with van der Waals surface area (Å²) in [7, 11) is -2.27. The molecular weight excluding hydrogens is 144 g/mol. The van der Waals surface area contributed by atoms with Crippen LogP contribution in [0.3, 0.4) is 0 Å². The van der Waals surface area contributed by atoms with Gasteiger partial charge in [0.2, 0.25) is 0 Å². The fraction of sp³-hybridized carbons (Fsp3) is 1.00. The summed E-state index contributed by atoms with van der Waals surface area (Å²) < 4.78 is 0. The quantitative estimate of drug-likeness (QED) is 0.520. The van der Waals surface area contributed by atoms with Crippen molar-refractivity contribution in [1.29, 1.82) is 0 Å². The van der Waals surface area contributed by atoms with Gasteiger partial charge in [0.25, 0.3) is 0 Å². The van der Waals surface area contributed by atoms with Gasteiger partial charge < -0.3 is 4.80 Å². The van der Waals surface area contributed by atoms with Gasteiger partial charge in [0.1, 0.15) is 0 Å². The molecule has 0 bridgehead atoms. The van der Waals surface area contributed by atoms with E-state index in [1.54, 1.807) is 0 Å². The van der Waals surface area contributed by atoms with E-state index in [2.05, 4.69) is 33.9 Å². The van der Waals surface area contributed by atoms with E-state index < -0.39 is 16.9 Å². The summed E-state index contributed by atoms with van der Waals surface area (Å²) in [6.45, 7) is 11.0. The molecule has 1 nitrogen and oxygen atoms in total. The highest BCUT2D eigenvalue weighted by molar-refractivity contribution is 7.22. The van der Waals surface area contributed by atoms with Crippen molar-refractivity contribution in [2.24, 2.45) is 0 Å². The van der Waals surface area contributed by atoms with Crippen molar-refractivity contribution < 1.29 is 4.80 Å². The first-order chi connectivity index (χ1) is 3.81. The lowest BCUT2D eigenvalue weighted by molar-refractivity contribution is 0.484. The molecule has 0 aromatic rings. The largest absolute Gasteiger partial charge is 0.310 e. The standard InChI is InChI=1S/C6H17OSi2/c1-6(2,3)9(4,5)8-7/h8H2,1-5H3. The maximum absolute atomic E-state index is 10.8. The Bertz CT molecular complexity index is 93.7. The van der Waals surface area contributed by atoms with Crippen LogP contribution in [0.15, 0.2) is 0 Å². The Labute approximate surface area is 61.2 Å². The van der Waals surface area contributed by atoms with Crippen LogP contribution in [-0.4, -0.2) is 16.9 Å². The monoisotopic (exact) mass is 161 g/mol. The maximum Gasteiger partial charge on any atom is 0.195 e. The molecule has 0 aliphatic carbocycles. The molecule has 3 heteroatoms. The van der Waals surface area contributed by atoms with Crippen LogP contribution in [0.2, 0.25) is 18.1 Å². The van der Waals surface area contributed by atoms with Crippen molar-refractivity contribution >= 4 is 16.9 Å². The SMILES string of the molecule is CC(C)(C)[Si](C)(C)[SiH2][O]. The van der Waals surface area contributed by atoms with E-state index in [9.17, 15) is 4.80 Å². The van der Waals surface area contributed by atoms with E-state index >= 15 is 0 Å². The average Bonchev–Trinajstić information content (AvgIpc) is 1.64. The molecule has 0 N–H and O–H groups in total. The first-order valence-electron chi connectivity index (χ1n) is 3.39. The van der Waals surface area contributed by atoms with Crippen LogP contribution < -0.4 is 0 Å². The van der Waals surface area contributed by atoms with E-state index in [1.807, 2.05) is 0 Å². The summed E-state index contributed by atoms with van der Waals surface area (Å²) in [5.74, 6) is 0. The molecule has 0 fully saturated rings. The Morgan fingerprint density at radius 1 is 1.22 bits per heavy atom.